The Bertz CT molecular complexity index is 887. The molecule has 2 amide bonds. The van der Waals surface area contributed by atoms with Crippen molar-refractivity contribution in [3.05, 3.63) is 70.0 Å². The van der Waals surface area contributed by atoms with Crippen LogP contribution in [0.3, 0.4) is 0 Å². The fourth-order valence-corrected chi connectivity index (χ4v) is 4.51. The summed E-state index contributed by atoms with van der Waals surface area (Å²) in [6.45, 7) is 8.02. The summed E-state index contributed by atoms with van der Waals surface area (Å²) >= 11 is 7.39. The summed E-state index contributed by atoms with van der Waals surface area (Å²) in [6, 6.07) is 11.8. The smallest absolute Gasteiger partial charge is 0.243 e. The highest BCUT2D eigenvalue weighted by Crippen LogP contribution is 2.25. The third-order valence-electron chi connectivity index (χ3n) is 4.95. The topological polar surface area (TPSA) is 49.4 Å². The van der Waals surface area contributed by atoms with Crippen molar-refractivity contribution in [1.29, 1.82) is 0 Å². The number of carbonyl (C=O) groups excluding carboxylic acids is 2. The van der Waals surface area contributed by atoms with E-state index in [0.29, 0.717) is 23.6 Å². The maximum atomic E-state index is 14.0. The number of hydrogen-bond acceptors (Lipinski definition) is 3. The maximum absolute atomic E-state index is 14.0. The Morgan fingerprint density at radius 3 is 2.48 bits per heavy atom. The van der Waals surface area contributed by atoms with Crippen molar-refractivity contribution in [2.75, 3.05) is 5.75 Å². The van der Waals surface area contributed by atoms with Gasteiger partial charge < -0.3 is 10.2 Å². The minimum atomic E-state index is -0.577. The molecule has 2 aromatic rings. The van der Waals surface area contributed by atoms with Crippen molar-refractivity contribution >= 4 is 35.2 Å². The molecule has 1 N–H and O–H groups in total. The summed E-state index contributed by atoms with van der Waals surface area (Å²) < 4.78 is 14.0. The molecule has 0 saturated carbocycles. The first-order valence-electron chi connectivity index (χ1n) is 10.4. The highest BCUT2D eigenvalue weighted by atomic mass is 35.5. The van der Waals surface area contributed by atoms with Gasteiger partial charge in [-0.25, -0.2) is 4.39 Å². The predicted molar refractivity (Wildman–Crippen MR) is 127 cm³/mol. The average Bonchev–Trinajstić information content (AvgIpc) is 2.70. The second kappa shape index (κ2) is 12.1. The molecule has 0 aliphatic carbocycles. The summed E-state index contributed by atoms with van der Waals surface area (Å²) in [5.74, 6) is -0.299. The summed E-state index contributed by atoms with van der Waals surface area (Å²) in [6.07, 6.45) is 0.500. The quantitative estimate of drug-likeness (QED) is 0.515. The van der Waals surface area contributed by atoms with Crippen molar-refractivity contribution in [1.82, 2.24) is 10.2 Å². The van der Waals surface area contributed by atoms with Gasteiger partial charge in [-0.05, 0) is 50.5 Å². The fourth-order valence-electron chi connectivity index (χ4n) is 3.26. The van der Waals surface area contributed by atoms with E-state index in [4.69, 9.17) is 11.6 Å². The van der Waals surface area contributed by atoms with Crippen LogP contribution in [0.4, 0.5) is 4.39 Å². The Kier molecular flexibility index (Phi) is 9.85. The van der Waals surface area contributed by atoms with E-state index in [9.17, 15) is 14.0 Å². The number of nitrogens with zero attached hydrogens (tertiary/aromatic N) is 1. The van der Waals surface area contributed by atoms with Gasteiger partial charge in [0, 0.05) is 28.9 Å². The van der Waals surface area contributed by atoms with Gasteiger partial charge in [0.2, 0.25) is 11.8 Å². The van der Waals surface area contributed by atoms with E-state index in [-0.39, 0.29) is 35.2 Å². The molecule has 0 fully saturated rings. The van der Waals surface area contributed by atoms with Gasteiger partial charge in [-0.2, -0.15) is 0 Å². The van der Waals surface area contributed by atoms with Crippen molar-refractivity contribution in [3.63, 3.8) is 0 Å². The van der Waals surface area contributed by atoms with Gasteiger partial charge in [0.25, 0.3) is 0 Å². The third kappa shape index (κ3) is 7.25. The Morgan fingerprint density at radius 1 is 1.16 bits per heavy atom. The molecule has 168 valence electrons. The molecule has 0 unspecified atom stereocenters. The zero-order chi connectivity index (χ0) is 23.0. The van der Waals surface area contributed by atoms with Gasteiger partial charge >= 0.3 is 0 Å². The summed E-state index contributed by atoms with van der Waals surface area (Å²) in [7, 11) is 0. The second-order valence-corrected chi connectivity index (χ2v) is 9.12. The molecular weight excluding hydrogens is 435 g/mol. The molecule has 0 radical (unpaired) electrons. The summed E-state index contributed by atoms with van der Waals surface area (Å²) in [4.78, 5) is 27.7. The number of aryl methyl sites for hydroxylation is 1. The number of carbonyl (C=O) groups is 2. The van der Waals surface area contributed by atoms with Crippen molar-refractivity contribution < 1.29 is 14.0 Å². The normalized spacial score (nSPS) is 12.0. The largest absolute Gasteiger partial charge is 0.352 e. The number of amides is 2. The van der Waals surface area contributed by atoms with Gasteiger partial charge in [-0.1, -0.05) is 48.9 Å². The summed E-state index contributed by atoms with van der Waals surface area (Å²) in [5, 5.41) is 3.27. The molecule has 31 heavy (non-hydrogen) atoms. The monoisotopic (exact) mass is 464 g/mol. The molecule has 0 bridgehead atoms. The molecule has 0 saturated heterocycles. The lowest BCUT2D eigenvalue weighted by atomic mass is 10.1. The molecule has 0 spiro atoms. The molecule has 0 aliphatic rings. The lowest BCUT2D eigenvalue weighted by Gasteiger charge is -2.31. The standard InChI is InChI=1S/C24H30ClFN2O2S/c1-5-22(24(30)27-16(2)3)28(13-18-10-7-6-9-17(18)4)23(29)15-31-14-19-20(25)11-8-12-21(19)26/h6-12,16,22H,5,13-15H2,1-4H3,(H,27,30)/t22-/m0/s1. The van der Waals surface area contributed by atoms with Crippen LogP contribution in [0.25, 0.3) is 0 Å². The third-order valence-corrected chi connectivity index (χ3v) is 6.25. The molecule has 2 aromatic carbocycles. The first-order valence-corrected chi connectivity index (χ1v) is 11.9. The van der Waals surface area contributed by atoms with E-state index >= 15 is 0 Å². The molecule has 4 nitrogen and oxygen atoms in total. The maximum Gasteiger partial charge on any atom is 0.243 e. The highest BCUT2D eigenvalue weighted by Gasteiger charge is 2.29. The van der Waals surface area contributed by atoms with Crippen LogP contribution >= 0.6 is 23.4 Å². The molecule has 0 aromatic heterocycles. The zero-order valence-corrected chi connectivity index (χ0v) is 20.0. The number of hydrogen-bond donors (Lipinski definition) is 1. The average molecular weight is 465 g/mol. The van der Waals surface area contributed by atoms with Crippen LogP contribution in [0.1, 0.15) is 43.9 Å². The van der Waals surface area contributed by atoms with Crippen molar-refractivity contribution in [3.8, 4) is 0 Å². The Morgan fingerprint density at radius 2 is 1.87 bits per heavy atom. The van der Waals surface area contributed by atoms with Crippen LogP contribution in [-0.4, -0.2) is 34.6 Å². The van der Waals surface area contributed by atoms with Gasteiger partial charge in [0.15, 0.2) is 0 Å². The molecule has 0 aliphatic heterocycles. The minimum absolute atomic E-state index is 0.0189. The molecule has 2 rings (SSSR count). The molecule has 7 heteroatoms. The van der Waals surface area contributed by atoms with Gasteiger partial charge in [0.1, 0.15) is 11.9 Å². The first-order chi connectivity index (χ1) is 14.7. The highest BCUT2D eigenvalue weighted by molar-refractivity contribution is 7.99. The SMILES string of the molecule is CC[C@@H](C(=O)NC(C)C)N(Cc1ccccc1C)C(=O)CSCc1c(F)cccc1Cl. The first kappa shape index (κ1) is 25.2. The minimum Gasteiger partial charge on any atom is -0.352 e. The van der Waals surface area contributed by atoms with Crippen LogP contribution in [0, 0.1) is 12.7 Å². The van der Waals surface area contributed by atoms with E-state index in [2.05, 4.69) is 5.32 Å². The summed E-state index contributed by atoms with van der Waals surface area (Å²) in [5.41, 5.74) is 2.44. The predicted octanol–water partition coefficient (Wildman–Crippen LogP) is 5.35. The van der Waals surface area contributed by atoms with Gasteiger partial charge in [-0.15, -0.1) is 11.8 Å². The lowest BCUT2D eigenvalue weighted by Crippen LogP contribution is -2.51. The van der Waals surface area contributed by atoms with Crippen molar-refractivity contribution in [2.24, 2.45) is 0 Å². The van der Waals surface area contributed by atoms with Crippen LogP contribution in [0.2, 0.25) is 5.02 Å². The lowest BCUT2D eigenvalue weighted by molar-refractivity contribution is -0.139. The number of rotatable bonds is 10. The van der Waals surface area contributed by atoms with E-state index in [1.54, 1.807) is 17.0 Å². The second-order valence-electron chi connectivity index (χ2n) is 7.73. The number of benzene rings is 2. The molecular formula is C24H30ClFN2O2S. The van der Waals surface area contributed by atoms with Gasteiger partial charge in [-0.3, -0.25) is 9.59 Å². The zero-order valence-electron chi connectivity index (χ0n) is 18.5. The van der Waals surface area contributed by atoms with Crippen LogP contribution in [-0.2, 0) is 21.9 Å². The van der Waals surface area contributed by atoms with E-state index in [1.807, 2.05) is 52.0 Å². The number of nitrogens with one attached hydrogen (secondary N) is 1. The Labute approximate surface area is 193 Å². The van der Waals surface area contributed by atoms with Gasteiger partial charge in [0.05, 0.1) is 5.75 Å². The Hall–Kier alpha value is -2.05. The van der Waals surface area contributed by atoms with Crippen LogP contribution in [0.15, 0.2) is 42.5 Å². The van der Waals surface area contributed by atoms with E-state index in [0.717, 1.165) is 11.1 Å². The fraction of sp³-hybridized carbons (Fsp3) is 0.417. The van der Waals surface area contributed by atoms with Crippen LogP contribution in [0.5, 0.6) is 0 Å². The molecule has 0 heterocycles. The van der Waals surface area contributed by atoms with E-state index in [1.165, 1.54) is 17.8 Å². The number of halogens is 2. The Balaban J connectivity index is 2.18. The van der Waals surface area contributed by atoms with Crippen LogP contribution < -0.4 is 5.32 Å². The van der Waals surface area contributed by atoms with E-state index < -0.39 is 6.04 Å². The molecule has 1 atom stereocenters. The van der Waals surface area contributed by atoms with Crippen molar-refractivity contribution in [2.45, 2.75) is 58.5 Å². The number of thioether (sulfide) groups is 1.